The second-order valence-electron chi connectivity index (χ2n) is 7.53. The van der Waals surface area contributed by atoms with E-state index < -0.39 is 6.10 Å². The van der Waals surface area contributed by atoms with Gasteiger partial charge in [-0.3, -0.25) is 4.90 Å². The van der Waals surface area contributed by atoms with E-state index in [0.29, 0.717) is 19.7 Å². The fourth-order valence-electron chi connectivity index (χ4n) is 3.55. The van der Waals surface area contributed by atoms with Crippen LogP contribution < -0.4 is 9.47 Å². The summed E-state index contributed by atoms with van der Waals surface area (Å²) in [6.45, 7) is 4.86. The van der Waals surface area contributed by atoms with E-state index in [-0.39, 0.29) is 13.4 Å². The highest BCUT2D eigenvalue weighted by atomic mass is 16.7. The maximum atomic E-state index is 10.6. The van der Waals surface area contributed by atoms with Crippen LogP contribution in [0.15, 0.2) is 65.3 Å². The summed E-state index contributed by atoms with van der Waals surface area (Å²) in [5.74, 6) is 2.29. The molecule has 0 saturated carbocycles. The van der Waals surface area contributed by atoms with Gasteiger partial charge in [0.15, 0.2) is 11.5 Å². The maximum absolute atomic E-state index is 10.6. The number of nitrogens with zero attached hydrogens (tertiary/aromatic N) is 1. The first-order valence-corrected chi connectivity index (χ1v) is 10.1. The number of ether oxygens (including phenoxy) is 3. The Hall–Kier alpha value is -2.80. The minimum Gasteiger partial charge on any atom is -0.467 e. The molecule has 0 amide bonds. The highest BCUT2D eigenvalue weighted by Gasteiger charge is 2.17. The van der Waals surface area contributed by atoms with E-state index in [1.807, 2.05) is 42.5 Å². The monoisotopic (exact) mass is 409 g/mol. The SMILES string of the molecule is Cc1ccccc1CN(Cc1ccc2c(c1)OCO2)C[C@@H](O)COCc1ccco1. The number of rotatable bonds is 10. The zero-order valence-electron chi connectivity index (χ0n) is 17.1. The molecule has 4 rings (SSSR count). The van der Waals surface area contributed by atoms with E-state index in [9.17, 15) is 5.11 Å². The van der Waals surface area contributed by atoms with E-state index in [4.69, 9.17) is 18.6 Å². The summed E-state index contributed by atoms with van der Waals surface area (Å²) in [6, 6.07) is 18.0. The van der Waals surface area contributed by atoms with Crippen molar-refractivity contribution in [1.82, 2.24) is 4.90 Å². The number of aliphatic hydroxyl groups is 1. The van der Waals surface area contributed by atoms with Gasteiger partial charge in [0.2, 0.25) is 6.79 Å². The smallest absolute Gasteiger partial charge is 0.231 e. The van der Waals surface area contributed by atoms with Gasteiger partial charge in [-0.2, -0.15) is 0 Å². The molecule has 1 aliphatic heterocycles. The van der Waals surface area contributed by atoms with Crippen molar-refractivity contribution in [2.75, 3.05) is 19.9 Å². The number of hydrogen-bond donors (Lipinski definition) is 1. The number of aryl methyl sites for hydroxylation is 1. The molecule has 1 aromatic heterocycles. The van der Waals surface area contributed by atoms with Crippen LogP contribution in [0.2, 0.25) is 0 Å². The van der Waals surface area contributed by atoms with Gasteiger partial charge in [-0.1, -0.05) is 30.3 Å². The Morgan fingerprint density at radius 3 is 2.73 bits per heavy atom. The normalized spacial score (nSPS) is 13.7. The number of furan rings is 1. The van der Waals surface area contributed by atoms with E-state index in [0.717, 1.165) is 29.4 Å². The molecule has 1 atom stereocenters. The summed E-state index contributed by atoms with van der Waals surface area (Å²) in [7, 11) is 0. The van der Waals surface area contributed by atoms with Crippen molar-refractivity contribution in [3.63, 3.8) is 0 Å². The fourth-order valence-corrected chi connectivity index (χ4v) is 3.55. The number of fused-ring (bicyclic) bond motifs is 1. The van der Waals surface area contributed by atoms with Crippen molar-refractivity contribution >= 4 is 0 Å². The molecule has 0 aliphatic carbocycles. The molecule has 3 aromatic rings. The Bertz CT molecular complexity index is 941. The Morgan fingerprint density at radius 2 is 1.90 bits per heavy atom. The third-order valence-electron chi connectivity index (χ3n) is 5.10. The number of benzene rings is 2. The van der Waals surface area contributed by atoms with E-state index >= 15 is 0 Å². The van der Waals surface area contributed by atoms with Crippen molar-refractivity contribution in [3.8, 4) is 11.5 Å². The van der Waals surface area contributed by atoms with Crippen LogP contribution in [0.4, 0.5) is 0 Å². The second-order valence-corrected chi connectivity index (χ2v) is 7.53. The van der Waals surface area contributed by atoms with Crippen molar-refractivity contribution in [2.24, 2.45) is 0 Å². The molecule has 6 nitrogen and oxygen atoms in total. The third-order valence-corrected chi connectivity index (χ3v) is 5.10. The molecule has 0 spiro atoms. The van der Waals surface area contributed by atoms with Crippen LogP contribution in [0.1, 0.15) is 22.5 Å². The van der Waals surface area contributed by atoms with Crippen LogP contribution in [-0.4, -0.2) is 36.1 Å². The van der Waals surface area contributed by atoms with Crippen molar-refractivity contribution < 1.29 is 23.7 Å². The van der Waals surface area contributed by atoms with Crippen molar-refractivity contribution in [2.45, 2.75) is 32.7 Å². The zero-order valence-corrected chi connectivity index (χ0v) is 17.1. The lowest BCUT2D eigenvalue weighted by Gasteiger charge is -2.26. The van der Waals surface area contributed by atoms with Crippen LogP contribution in [0.5, 0.6) is 11.5 Å². The molecule has 158 valence electrons. The molecular formula is C24H27NO5. The fraction of sp³-hybridized carbons (Fsp3) is 0.333. The van der Waals surface area contributed by atoms with Gasteiger partial charge in [0.25, 0.3) is 0 Å². The Morgan fingerprint density at radius 1 is 1.03 bits per heavy atom. The summed E-state index contributed by atoms with van der Waals surface area (Å²) >= 11 is 0. The van der Waals surface area contributed by atoms with Gasteiger partial charge in [-0.25, -0.2) is 0 Å². The lowest BCUT2D eigenvalue weighted by molar-refractivity contribution is 0.00250. The van der Waals surface area contributed by atoms with Crippen LogP contribution in [0, 0.1) is 6.92 Å². The third kappa shape index (κ3) is 5.42. The van der Waals surface area contributed by atoms with E-state index in [1.165, 1.54) is 11.1 Å². The second kappa shape index (κ2) is 9.80. The first kappa shape index (κ1) is 20.5. The summed E-state index contributed by atoms with van der Waals surface area (Å²) in [4.78, 5) is 2.22. The van der Waals surface area contributed by atoms with Crippen LogP contribution in [0.25, 0.3) is 0 Å². The van der Waals surface area contributed by atoms with Gasteiger partial charge in [0.1, 0.15) is 12.4 Å². The lowest BCUT2D eigenvalue weighted by atomic mass is 10.1. The molecule has 0 unspecified atom stereocenters. The molecular weight excluding hydrogens is 382 g/mol. The Kier molecular flexibility index (Phi) is 6.69. The maximum Gasteiger partial charge on any atom is 0.231 e. The summed E-state index contributed by atoms with van der Waals surface area (Å²) in [5.41, 5.74) is 3.58. The minimum atomic E-state index is -0.613. The van der Waals surface area contributed by atoms with Crippen LogP contribution >= 0.6 is 0 Å². The topological polar surface area (TPSA) is 64.3 Å². The molecule has 1 N–H and O–H groups in total. The van der Waals surface area contributed by atoms with Gasteiger partial charge in [-0.05, 0) is 47.9 Å². The van der Waals surface area contributed by atoms with Crippen molar-refractivity contribution in [1.29, 1.82) is 0 Å². The summed E-state index contributed by atoms with van der Waals surface area (Å²) in [6.07, 6.45) is 1.00. The number of aliphatic hydroxyl groups excluding tert-OH is 1. The first-order chi connectivity index (χ1) is 14.7. The Balaban J connectivity index is 1.40. The quantitative estimate of drug-likeness (QED) is 0.548. The minimum absolute atomic E-state index is 0.242. The molecule has 0 bridgehead atoms. The predicted octanol–water partition coefficient (Wildman–Crippen LogP) is 3.90. The van der Waals surface area contributed by atoms with E-state index in [1.54, 1.807) is 6.26 Å². The average Bonchev–Trinajstić information content (AvgIpc) is 3.41. The predicted molar refractivity (Wildman–Crippen MR) is 112 cm³/mol. The van der Waals surface area contributed by atoms with Gasteiger partial charge >= 0.3 is 0 Å². The zero-order chi connectivity index (χ0) is 20.8. The van der Waals surface area contributed by atoms with Gasteiger partial charge in [-0.15, -0.1) is 0 Å². The number of hydrogen-bond acceptors (Lipinski definition) is 6. The van der Waals surface area contributed by atoms with Gasteiger partial charge in [0.05, 0.1) is 19.0 Å². The van der Waals surface area contributed by atoms with Crippen molar-refractivity contribution in [3.05, 3.63) is 83.3 Å². The molecule has 6 heteroatoms. The molecule has 0 saturated heterocycles. The molecule has 2 aromatic carbocycles. The molecule has 30 heavy (non-hydrogen) atoms. The van der Waals surface area contributed by atoms with Gasteiger partial charge in [0, 0.05) is 19.6 Å². The molecule has 0 fully saturated rings. The highest BCUT2D eigenvalue weighted by Crippen LogP contribution is 2.33. The Labute approximate surface area is 176 Å². The summed E-state index contributed by atoms with van der Waals surface area (Å²) in [5, 5.41) is 10.6. The first-order valence-electron chi connectivity index (χ1n) is 10.1. The van der Waals surface area contributed by atoms with Crippen LogP contribution in [0.3, 0.4) is 0 Å². The van der Waals surface area contributed by atoms with Crippen LogP contribution in [-0.2, 0) is 24.4 Å². The van der Waals surface area contributed by atoms with E-state index in [2.05, 4.69) is 24.0 Å². The molecule has 1 aliphatic rings. The largest absolute Gasteiger partial charge is 0.467 e. The standard InChI is InChI=1S/C24H27NO5/c1-18-5-2-3-6-20(18)13-25(12-19-8-9-23-24(11-19)30-17-29-23)14-21(26)15-27-16-22-7-4-10-28-22/h2-11,21,26H,12-17H2,1H3/t21-/m1/s1. The molecule has 0 radical (unpaired) electrons. The van der Waals surface area contributed by atoms with Gasteiger partial charge < -0.3 is 23.7 Å². The summed E-state index contributed by atoms with van der Waals surface area (Å²) < 4.78 is 21.8. The average molecular weight is 409 g/mol. The molecule has 2 heterocycles. The highest BCUT2D eigenvalue weighted by molar-refractivity contribution is 5.44. The lowest BCUT2D eigenvalue weighted by Crippen LogP contribution is -2.34.